The molecule has 1 aromatic carbocycles. The summed E-state index contributed by atoms with van der Waals surface area (Å²) >= 11 is 0. The highest BCUT2D eigenvalue weighted by Gasteiger charge is 2.23. The first-order valence-corrected chi connectivity index (χ1v) is 10.0. The van der Waals surface area contributed by atoms with Gasteiger partial charge in [-0.15, -0.1) is 0 Å². The SMILES string of the molecule is O=C(O)C[C@@H](NC(=O)CCCC1CCCC1)C(=O)NCCc1ccc(O)cc1. The van der Waals surface area contributed by atoms with Crippen LogP contribution in [0.1, 0.15) is 56.9 Å². The maximum absolute atomic E-state index is 12.3. The molecule has 7 heteroatoms. The van der Waals surface area contributed by atoms with E-state index >= 15 is 0 Å². The minimum absolute atomic E-state index is 0.171. The Labute approximate surface area is 165 Å². The molecule has 4 N–H and O–H groups in total. The summed E-state index contributed by atoms with van der Waals surface area (Å²) in [6, 6.07) is 5.56. The Morgan fingerprint density at radius 1 is 1.11 bits per heavy atom. The van der Waals surface area contributed by atoms with Crippen molar-refractivity contribution in [3.63, 3.8) is 0 Å². The summed E-state index contributed by atoms with van der Waals surface area (Å²) in [5.74, 6) is -1.04. The largest absolute Gasteiger partial charge is 0.508 e. The lowest BCUT2D eigenvalue weighted by Gasteiger charge is -2.17. The summed E-state index contributed by atoms with van der Waals surface area (Å²) in [6.45, 7) is 0.317. The van der Waals surface area contributed by atoms with Crippen LogP contribution < -0.4 is 10.6 Å². The lowest BCUT2D eigenvalue weighted by molar-refractivity contribution is -0.140. The van der Waals surface area contributed by atoms with Gasteiger partial charge >= 0.3 is 5.97 Å². The van der Waals surface area contributed by atoms with Crippen LogP contribution in [-0.4, -0.2) is 40.6 Å². The molecule has 1 saturated carbocycles. The van der Waals surface area contributed by atoms with Crippen LogP contribution in [0.25, 0.3) is 0 Å². The standard InChI is InChI=1S/C21H30N2O5/c24-17-10-8-16(9-11-17)12-13-22-21(28)18(14-20(26)27)23-19(25)7-3-6-15-4-1-2-5-15/h8-11,15,18,24H,1-7,12-14H2,(H,22,28)(H,23,25)(H,26,27)/t18-/m1/s1. The summed E-state index contributed by atoms with van der Waals surface area (Å²) in [4.78, 5) is 35.5. The number of aromatic hydroxyl groups is 1. The van der Waals surface area contributed by atoms with E-state index < -0.39 is 24.3 Å². The molecule has 1 atom stereocenters. The second-order valence-electron chi connectivity index (χ2n) is 7.47. The van der Waals surface area contributed by atoms with Crippen molar-refractivity contribution in [1.82, 2.24) is 10.6 Å². The molecule has 0 unspecified atom stereocenters. The van der Waals surface area contributed by atoms with Gasteiger partial charge in [0.15, 0.2) is 0 Å². The first kappa shape index (κ1) is 21.7. The predicted molar refractivity (Wildman–Crippen MR) is 105 cm³/mol. The van der Waals surface area contributed by atoms with Crippen molar-refractivity contribution in [2.24, 2.45) is 5.92 Å². The summed E-state index contributed by atoms with van der Waals surface area (Å²) in [6.07, 6.45) is 7.17. The Kier molecular flexibility index (Phi) is 8.78. The minimum Gasteiger partial charge on any atom is -0.508 e. The van der Waals surface area contributed by atoms with Crippen LogP contribution in [0.3, 0.4) is 0 Å². The van der Waals surface area contributed by atoms with Crippen molar-refractivity contribution in [2.75, 3.05) is 6.54 Å². The average Bonchev–Trinajstić information content (AvgIpc) is 3.16. The van der Waals surface area contributed by atoms with E-state index in [0.29, 0.717) is 25.3 Å². The Morgan fingerprint density at radius 3 is 2.43 bits per heavy atom. The maximum atomic E-state index is 12.3. The van der Waals surface area contributed by atoms with Gasteiger partial charge in [0.05, 0.1) is 6.42 Å². The van der Waals surface area contributed by atoms with E-state index in [0.717, 1.165) is 18.4 Å². The number of carboxylic acids is 1. The number of carbonyl (C=O) groups excluding carboxylic acids is 2. The lowest BCUT2D eigenvalue weighted by Crippen LogP contribution is -2.48. The van der Waals surface area contributed by atoms with E-state index in [1.54, 1.807) is 24.3 Å². The van der Waals surface area contributed by atoms with Crippen LogP contribution in [0.2, 0.25) is 0 Å². The summed E-state index contributed by atoms with van der Waals surface area (Å²) < 4.78 is 0. The van der Waals surface area contributed by atoms with Crippen molar-refractivity contribution < 1.29 is 24.6 Å². The Morgan fingerprint density at radius 2 is 1.79 bits per heavy atom. The van der Waals surface area contributed by atoms with Crippen LogP contribution in [0.5, 0.6) is 5.75 Å². The molecule has 0 saturated heterocycles. The lowest BCUT2D eigenvalue weighted by atomic mass is 10.0. The number of aliphatic carboxylic acids is 1. The Hall–Kier alpha value is -2.57. The highest BCUT2D eigenvalue weighted by atomic mass is 16.4. The summed E-state index contributed by atoms with van der Waals surface area (Å²) in [5.41, 5.74) is 0.934. The number of carboxylic acid groups (broad SMARTS) is 1. The molecule has 0 heterocycles. The zero-order valence-corrected chi connectivity index (χ0v) is 16.2. The third-order valence-corrected chi connectivity index (χ3v) is 5.17. The molecule has 1 aliphatic rings. The molecule has 2 rings (SSSR count). The molecule has 7 nitrogen and oxygen atoms in total. The molecule has 28 heavy (non-hydrogen) atoms. The number of nitrogens with one attached hydrogen (secondary N) is 2. The van der Waals surface area contributed by atoms with Crippen molar-refractivity contribution in [1.29, 1.82) is 0 Å². The molecular weight excluding hydrogens is 360 g/mol. The Balaban J connectivity index is 1.74. The van der Waals surface area contributed by atoms with Crippen LogP contribution >= 0.6 is 0 Å². The van der Waals surface area contributed by atoms with E-state index in [2.05, 4.69) is 10.6 Å². The van der Waals surface area contributed by atoms with Crippen LogP contribution in [0.4, 0.5) is 0 Å². The van der Waals surface area contributed by atoms with Crippen molar-refractivity contribution >= 4 is 17.8 Å². The fourth-order valence-electron chi connectivity index (χ4n) is 3.62. The first-order valence-electron chi connectivity index (χ1n) is 10.0. The molecule has 1 aliphatic carbocycles. The molecule has 0 bridgehead atoms. The normalized spacial score (nSPS) is 15.1. The van der Waals surface area contributed by atoms with Gasteiger partial charge in [0.1, 0.15) is 11.8 Å². The molecule has 0 aromatic heterocycles. The monoisotopic (exact) mass is 390 g/mol. The maximum Gasteiger partial charge on any atom is 0.305 e. The average molecular weight is 390 g/mol. The van der Waals surface area contributed by atoms with E-state index in [-0.39, 0.29) is 11.7 Å². The number of rotatable bonds is 11. The molecule has 2 amide bonds. The highest BCUT2D eigenvalue weighted by Crippen LogP contribution is 2.28. The summed E-state index contributed by atoms with van der Waals surface area (Å²) in [5, 5.41) is 23.6. The topological polar surface area (TPSA) is 116 Å². The molecule has 0 spiro atoms. The quantitative estimate of drug-likeness (QED) is 0.463. The van der Waals surface area contributed by atoms with E-state index in [1.165, 1.54) is 25.7 Å². The molecule has 154 valence electrons. The summed E-state index contributed by atoms with van der Waals surface area (Å²) in [7, 11) is 0. The second kappa shape index (κ2) is 11.3. The van der Waals surface area contributed by atoms with E-state index in [1.807, 2.05) is 0 Å². The molecule has 0 radical (unpaired) electrons. The van der Waals surface area contributed by atoms with Gasteiger partial charge < -0.3 is 20.8 Å². The van der Waals surface area contributed by atoms with Crippen LogP contribution in [0, 0.1) is 5.92 Å². The fraction of sp³-hybridized carbons (Fsp3) is 0.571. The number of amides is 2. The van der Waals surface area contributed by atoms with Gasteiger partial charge in [-0.1, -0.05) is 37.8 Å². The van der Waals surface area contributed by atoms with Gasteiger partial charge in [0.25, 0.3) is 0 Å². The number of hydrogen-bond donors (Lipinski definition) is 4. The third-order valence-electron chi connectivity index (χ3n) is 5.17. The fourth-order valence-corrected chi connectivity index (χ4v) is 3.62. The van der Waals surface area contributed by atoms with E-state index in [4.69, 9.17) is 5.11 Å². The number of phenols is 1. The van der Waals surface area contributed by atoms with Crippen molar-refractivity contribution in [2.45, 2.75) is 63.8 Å². The first-order chi connectivity index (χ1) is 13.4. The Bertz CT molecular complexity index is 653. The zero-order valence-electron chi connectivity index (χ0n) is 16.2. The van der Waals surface area contributed by atoms with Gasteiger partial charge in [0, 0.05) is 13.0 Å². The zero-order chi connectivity index (χ0) is 20.4. The number of benzene rings is 1. The van der Waals surface area contributed by atoms with Gasteiger partial charge in [-0.3, -0.25) is 14.4 Å². The number of phenolic OH excluding ortho intramolecular Hbond substituents is 1. The molecule has 1 aromatic rings. The minimum atomic E-state index is -1.13. The van der Waals surface area contributed by atoms with Crippen molar-refractivity contribution in [3.05, 3.63) is 29.8 Å². The van der Waals surface area contributed by atoms with Gasteiger partial charge in [-0.25, -0.2) is 0 Å². The molecule has 0 aliphatic heterocycles. The van der Waals surface area contributed by atoms with Gasteiger partial charge in [-0.2, -0.15) is 0 Å². The number of carbonyl (C=O) groups is 3. The second-order valence-corrected chi connectivity index (χ2v) is 7.47. The molecule has 1 fully saturated rings. The highest BCUT2D eigenvalue weighted by molar-refractivity contribution is 5.90. The van der Waals surface area contributed by atoms with Gasteiger partial charge in [-0.05, 0) is 42.9 Å². The van der Waals surface area contributed by atoms with Crippen LogP contribution in [-0.2, 0) is 20.8 Å². The smallest absolute Gasteiger partial charge is 0.305 e. The predicted octanol–water partition coefficient (Wildman–Crippen LogP) is 2.37. The third kappa shape index (κ3) is 7.98. The number of hydrogen-bond acceptors (Lipinski definition) is 4. The van der Waals surface area contributed by atoms with Crippen LogP contribution in [0.15, 0.2) is 24.3 Å². The molecular formula is C21H30N2O5. The van der Waals surface area contributed by atoms with E-state index in [9.17, 15) is 19.5 Å². The van der Waals surface area contributed by atoms with Crippen molar-refractivity contribution in [3.8, 4) is 5.75 Å². The van der Waals surface area contributed by atoms with Gasteiger partial charge in [0.2, 0.25) is 11.8 Å².